The molecular formula is C20H40IN5O. The molecular weight excluding hydrogens is 453 g/mol. The first-order chi connectivity index (χ1) is 12.3. The Balaban J connectivity index is 0.00000364. The molecule has 27 heavy (non-hydrogen) atoms. The molecule has 0 atom stereocenters. The molecule has 1 aliphatic heterocycles. The lowest BCUT2D eigenvalue weighted by Gasteiger charge is -2.48. The van der Waals surface area contributed by atoms with Crippen molar-refractivity contribution >= 4 is 35.8 Å². The van der Waals surface area contributed by atoms with Crippen molar-refractivity contribution in [1.82, 2.24) is 20.9 Å². The van der Waals surface area contributed by atoms with Crippen LogP contribution < -0.4 is 16.0 Å². The van der Waals surface area contributed by atoms with Gasteiger partial charge in [-0.25, -0.2) is 0 Å². The molecule has 1 amide bonds. The van der Waals surface area contributed by atoms with Gasteiger partial charge in [0.2, 0.25) is 5.91 Å². The van der Waals surface area contributed by atoms with Crippen molar-refractivity contribution in [1.29, 1.82) is 0 Å². The van der Waals surface area contributed by atoms with Crippen molar-refractivity contribution in [3.8, 4) is 0 Å². The molecule has 0 aromatic rings. The number of rotatable bonds is 5. The van der Waals surface area contributed by atoms with Crippen LogP contribution in [0, 0.1) is 0 Å². The summed E-state index contributed by atoms with van der Waals surface area (Å²) in [7, 11) is 1.77. The first-order valence-electron chi connectivity index (χ1n) is 10.4. The van der Waals surface area contributed by atoms with Crippen molar-refractivity contribution in [2.45, 2.75) is 83.2 Å². The van der Waals surface area contributed by atoms with Crippen LogP contribution in [0.1, 0.15) is 72.1 Å². The molecule has 1 saturated heterocycles. The highest BCUT2D eigenvalue weighted by Crippen LogP contribution is 2.35. The highest BCUT2D eigenvalue weighted by molar-refractivity contribution is 14.0. The molecule has 0 radical (unpaired) electrons. The van der Waals surface area contributed by atoms with Gasteiger partial charge in [-0.2, -0.15) is 0 Å². The topological polar surface area (TPSA) is 68.8 Å². The van der Waals surface area contributed by atoms with E-state index in [1.54, 1.807) is 7.05 Å². The van der Waals surface area contributed by atoms with Crippen LogP contribution in [0.4, 0.5) is 0 Å². The lowest BCUT2D eigenvalue weighted by Crippen LogP contribution is -2.59. The summed E-state index contributed by atoms with van der Waals surface area (Å²) >= 11 is 0. The Kier molecular flexibility index (Phi) is 10.4. The molecule has 158 valence electrons. The number of carbonyl (C=O) groups is 1. The SMILES string of the molecule is CN=C(NCC(=O)NC(C)(C)C)NCC1(N2CCCCC2)CCCCC1.I. The predicted octanol–water partition coefficient (Wildman–Crippen LogP) is 2.87. The molecule has 1 aliphatic carbocycles. The monoisotopic (exact) mass is 493 g/mol. The fourth-order valence-electron chi connectivity index (χ4n) is 4.28. The van der Waals surface area contributed by atoms with Crippen LogP contribution in [0.5, 0.6) is 0 Å². The summed E-state index contributed by atoms with van der Waals surface area (Å²) in [6.45, 7) is 9.57. The summed E-state index contributed by atoms with van der Waals surface area (Å²) in [6.07, 6.45) is 10.5. The quantitative estimate of drug-likeness (QED) is 0.313. The second kappa shape index (κ2) is 11.4. The second-order valence-corrected chi connectivity index (χ2v) is 8.91. The number of nitrogens with zero attached hydrogens (tertiary/aromatic N) is 2. The molecule has 1 saturated carbocycles. The van der Waals surface area contributed by atoms with Gasteiger partial charge in [0.1, 0.15) is 0 Å². The Hall–Kier alpha value is -0.570. The van der Waals surface area contributed by atoms with E-state index in [2.05, 4.69) is 25.8 Å². The van der Waals surface area contributed by atoms with E-state index in [1.165, 1.54) is 64.5 Å². The number of hydrogen-bond acceptors (Lipinski definition) is 3. The summed E-state index contributed by atoms with van der Waals surface area (Å²) in [4.78, 5) is 19.1. The maximum absolute atomic E-state index is 12.0. The summed E-state index contributed by atoms with van der Waals surface area (Å²) in [5.74, 6) is 0.708. The number of halogens is 1. The molecule has 0 bridgehead atoms. The fraction of sp³-hybridized carbons (Fsp3) is 0.900. The third-order valence-corrected chi connectivity index (χ3v) is 5.55. The van der Waals surface area contributed by atoms with Gasteiger partial charge < -0.3 is 16.0 Å². The van der Waals surface area contributed by atoms with Crippen LogP contribution in [0.25, 0.3) is 0 Å². The van der Waals surface area contributed by atoms with Gasteiger partial charge in [-0.05, 0) is 59.5 Å². The number of nitrogens with one attached hydrogen (secondary N) is 3. The number of amides is 1. The smallest absolute Gasteiger partial charge is 0.239 e. The van der Waals surface area contributed by atoms with E-state index in [1.807, 2.05) is 20.8 Å². The number of aliphatic imine (C=N–C) groups is 1. The second-order valence-electron chi connectivity index (χ2n) is 8.91. The molecule has 3 N–H and O–H groups in total. The molecule has 2 rings (SSSR count). The maximum Gasteiger partial charge on any atom is 0.239 e. The van der Waals surface area contributed by atoms with Crippen molar-refractivity contribution in [2.24, 2.45) is 4.99 Å². The zero-order valence-corrected chi connectivity index (χ0v) is 20.0. The zero-order chi connectivity index (χ0) is 19.0. The van der Waals surface area contributed by atoms with Crippen LogP contribution in [0.15, 0.2) is 4.99 Å². The Morgan fingerprint density at radius 3 is 2.15 bits per heavy atom. The van der Waals surface area contributed by atoms with Gasteiger partial charge in [0.25, 0.3) is 0 Å². The molecule has 7 heteroatoms. The maximum atomic E-state index is 12.0. The van der Waals surface area contributed by atoms with Crippen molar-refractivity contribution in [2.75, 3.05) is 33.2 Å². The highest BCUT2D eigenvalue weighted by Gasteiger charge is 2.38. The van der Waals surface area contributed by atoms with E-state index < -0.39 is 0 Å². The first kappa shape index (κ1) is 24.5. The number of carbonyl (C=O) groups excluding carboxylic acids is 1. The number of likely N-dealkylation sites (tertiary alicyclic amines) is 1. The first-order valence-corrected chi connectivity index (χ1v) is 10.4. The Morgan fingerprint density at radius 1 is 1.00 bits per heavy atom. The fourth-order valence-corrected chi connectivity index (χ4v) is 4.28. The van der Waals surface area contributed by atoms with Gasteiger partial charge >= 0.3 is 0 Å². The van der Waals surface area contributed by atoms with Crippen LogP contribution in [0.2, 0.25) is 0 Å². The number of hydrogen-bond donors (Lipinski definition) is 3. The zero-order valence-electron chi connectivity index (χ0n) is 17.7. The van der Waals surface area contributed by atoms with E-state index in [0.717, 1.165) is 12.5 Å². The molecule has 2 fully saturated rings. The van der Waals surface area contributed by atoms with E-state index in [-0.39, 0.29) is 47.5 Å². The van der Waals surface area contributed by atoms with E-state index in [0.29, 0.717) is 0 Å². The molecule has 0 unspecified atom stereocenters. The largest absolute Gasteiger partial charge is 0.355 e. The molecule has 0 spiro atoms. The average molecular weight is 493 g/mol. The lowest BCUT2D eigenvalue weighted by atomic mass is 9.79. The standard InChI is InChI=1S/C20H39N5O.HI/c1-19(2,3)24-17(26)15-22-18(21-4)23-16-20(11-7-5-8-12-20)25-13-9-6-10-14-25;/h5-16H2,1-4H3,(H,24,26)(H2,21,22,23);1H. The number of guanidine groups is 1. The van der Waals surface area contributed by atoms with E-state index in [9.17, 15) is 4.79 Å². The van der Waals surface area contributed by atoms with Gasteiger partial charge in [0, 0.05) is 24.7 Å². The summed E-state index contributed by atoms with van der Waals surface area (Å²) < 4.78 is 0. The van der Waals surface area contributed by atoms with Crippen LogP contribution in [-0.4, -0.2) is 61.1 Å². The van der Waals surface area contributed by atoms with Gasteiger partial charge in [-0.15, -0.1) is 24.0 Å². The lowest BCUT2D eigenvalue weighted by molar-refractivity contribution is -0.121. The predicted molar refractivity (Wildman–Crippen MR) is 124 cm³/mol. The van der Waals surface area contributed by atoms with Crippen LogP contribution in [-0.2, 0) is 4.79 Å². The van der Waals surface area contributed by atoms with Gasteiger partial charge in [-0.3, -0.25) is 14.7 Å². The average Bonchev–Trinajstić information content (AvgIpc) is 2.62. The van der Waals surface area contributed by atoms with E-state index >= 15 is 0 Å². The van der Waals surface area contributed by atoms with Crippen molar-refractivity contribution in [3.63, 3.8) is 0 Å². The van der Waals surface area contributed by atoms with Crippen molar-refractivity contribution < 1.29 is 4.79 Å². The minimum atomic E-state index is -0.212. The highest BCUT2D eigenvalue weighted by atomic mass is 127. The molecule has 6 nitrogen and oxygen atoms in total. The van der Waals surface area contributed by atoms with Crippen LogP contribution >= 0.6 is 24.0 Å². The van der Waals surface area contributed by atoms with Gasteiger partial charge in [0.05, 0.1) is 6.54 Å². The Morgan fingerprint density at radius 2 is 1.59 bits per heavy atom. The van der Waals surface area contributed by atoms with Gasteiger partial charge in [0.15, 0.2) is 5.96 Å². The Labute approximate surface area is 182 Å². The molecule has 2 aliphatic rings. The number of piperidine rings is 1. The third-order valence-electron chi connectivity index (χ3n) is 5.55. The summed E-state index contributed by atoms with van der Waals surface area (Å²) in [5, 5.41) is 9.64. The Bertz CT molecular complexity index is 477. The summed E-state index contributed by atoms with van der Waals surface area (Å²) in [5.41, 5.74) is 0.0418. The minimum Gasteiger partial charge on any atom is -0.355 e. The molecule has 0 aromatic heterocycles. The normalized spacial score (nSPS) is 21.1. The summed E-state index contributed by atoms with van der Waals surface area (Å²) in [6, 6.07) is 0. The molecule has 0 aromatic carbocycles. The molecule has 1 heterocycles. The third kappa shape index (κ3) is 8.13. The van der Waals surface area contributed by atoms with Gasteiger partial charge in [-0.1, -0.05) is 25.7 Å². The van der Waals surface area contributed by atoms with Crippen LogP contribution in [0.3, 0.4) is 0 Å². The van der Waals surface area contributed by atoms with Crippen molar-refractivity contribution in [3.05, 3.63) is 0 Å². The van der Waals surface area contributed by atoms with E-state index in [4.69, 9.17) is 0 Å². The minimum absolute atomic E-state index is 0.